The molecule has 1 aliphatic carbocycles. The Labute approximate surface area is 136 Å². The van der Waals surface area contributed by atoms with E-state index in [1.807, 2.05) is 31.3 Å². The summed E-state index contributed by atoms with van der Waals surface area (Å²) in [6, 6.07) is 5.67. The number of hydrogen-bond acceptors (Lipinski definition) is 3. The molecule has 0 saturated heterocycles. The van der Waals surface area contributed by atoms with Crippen molar-refractivity contribution in [1.29, 1.82) is 0 Å². The molecule has 23 heavy (non-hydrogen) atoms. The van der Waals surface area contributed by atoms with Crippen LogP contribution in [0.5, 0.6) is 0 Å². The summed E-state index contributed by atoms with van der Waals surface area (Å²) in [6.07, 6.45) is 12.3. The van der Waals surface area contributed by atoms with Crippen molar-refractivity contribution in [1.82, 2.24) is 15.3 Å². The van der Waals surface area contributed by atoms with Gasteiger partial charge in [-0.1, -0.05) is 25.3 Å². The topological polar surface area (TPSA) is 66.9 Å². The third-order valence-corrected chi connectivity index (χ3v) is 4.56. The molecule has 1 aliphatic rings. The molecule has 2 heterocycles. The summed E-state index contributed by atoms with van der Waals surface area (Å²) in [7, 11) is 0. The van der Waals surface area contributed by atoms with Gasteiger partial charge in [-0.15, -0.1) is 0 Å². The van der Waals surface area contributed by atoms with Crippen molar-refractivity contribution in [3.8, 4) is 0 Å². The number of rotatable bonds is 3. The van der Waals surface area contributed by atoms with Crippen molar-refractivity contribution in [2.45, 2.75) is 44.6 Å². The molecule has 0 atom stereocenters. The Morgan fingerprint density at radius 3 is 2.57 bits per heavy atom. The average molecular weight is 310 g/mol. The van der Waals surface area contributed by atoms with Gasteiger partial charge in [-0.3, -0.25) is 9.97 Å². The lowest BCUT2D eigenvalue weighted by Crippen LogP contribution is -2.49. The van der Waals surface area contributed by atoms with Gasteiger partial charge in [0.05, 0.1) is 17.4 Å². The fourth-order valence-electron chi connectivity index (χ4n) is 3.25. The highest BCUT2D eigenvalue weighted by molar-refractivity contribution is 5.90. The Bertz CT molecular complexity index is 666. The highest BCUT2D eigenvalue weighted by Crippen LogP contribution is 2.36. The van der Waals surface area contributed by atoms with Crippen molar-refractivity contribution < 1.29 is 4.79 Å². The zero-order chi connectivity index (χ0) is 16.1. The second-order valence-corrected chi connectivity index (χ2v) is 6.15. The molecule has 0 bridgehead atoms. The summed E-state index contributed by atoms with van der Waals surface area (Å²) in [6.45, 7) is 1.95. The molecule has 5 nitrogen and oxygen atoms in total. The normalized spacial score (nSPS) is 16.6. The van der Waals surface area contributed by atoms with E-state index in [4.69, 9.17) is 0 Å². The third-order valence-electron chi connectivity index (χ3n) is 4.56. The summed E-state index contributed by atoms with van der Waals surface area (Å²) < 4.78 is 0. The van der Waals surface area contributed by atoms with E-state index >= 15 is 0 Å². The van der Waals surface area contributed by atoms with Gasteiger partial charge >= 0.3 is 6.03 Å². The second-order valence-electron chi connectivity index (χ2n) is 6.15. The van der Waals surface area contributed by atoms with Crippen LogP contribution in [-0.4, -0.2) is 16.0 Å². The van der Waals surface area contributed by atoms with E-state index < -0.39 is 0 Å². The van der Waals surface area contributed by atoms with Crippen molar-refractivity contribution >= 4 is 11.7 Å². The molecule has 120 valence electrons. The summed E-state index contributed by atoms with van der Waals surface area (Å²) in [5.41, 5.74) is 2.49. The quantitative estimate of drug-likeness (QED) is 0.907. The number of hydrogen-bond donors (Lipinski definition) is 2. The Balaban J connectivity index is 1.79. The maximum Gasteiger partial charge on any atom is 0.319 e. The standard InChI is InChI=1S/C18H22N4O/c1-14-7-11-20-13-16(14)21-17(23)22-18(8-3-2-4-9-18)15-6-5-10-19-12-15/h5-7,10-13H,2-4,8-9H2,1H3,(H2,21,22,23). The van der Waals surface area contributed by atoms with Crippen LogP contribution in [0.4, 0.5) is 10.5 Å². The molecule has 1 saturated carbocycles. The van der Waals surface area contributed by atoms with Gasteiger partial charge in [0.2, 0.25) is 0 Å². The number of amides is 2. The number of aryl methyl sites for hydroxylation is 1. The van der Waals surface area contributed by atoms with Gasteiger partial charge in [-0.25, -0.2) is 4.79 Å². The van der Waals surface area contributed by atoms with Crippen LogP contribution >= 0.6 is 0 Å². The molecule has 2 N–H and O–H groups in total. The van der Waals surface area contributed by atoms with Gasteiger partial charge in [0.25, 0.3) is 0 Å². The SMILES string of the molecule is Cc1ccncc1NC(=O)NC1(c2cccnc2)CCCCC1. The minimum atomic E-state index is -0.327. The molecule has 0 unspecified atom stereocenters. The van der Waals surface area contributed by atoms with Crippen molar-refractivity contribution in [3.05, 3.63) is 54.1 Å². The number of pyridine rings is 2. The molecule has 0 radical (unpaired) electrons. The van der Waals surface area contributed by atoms with Crippen LogP contribution in [0.15, 0.2) is 43.0 Å². The van der Waals surface area contributed by atoms with Gasteiger partial charge < -0.3 is 10.6 Å². The van der Waals surface area contributed by atoms with Crippen LogP contribution in [0.1, 0.15) is 43.2 Å². The first-order valence-corrected chi connectivity index (χ1v) is 8.10. The third kappa shape index (κ3) is 3.50. The van der Waals surface area contributed by atoms with Crippen molar-refractivity contribution in [2.75, 3.05) is 5.32 Å². The molecule has 2 aromatic rings. The fraction of sp³-hybridized carbons (Fsp3) is 0.389. The first kappa shape index (κ1) is 15.5. The minimum absolute atomic E-state index is 0.188. The maximum absolute atomic E-state index is 12.5. The molecule has 0 spiro atoms. The van der Waals surface area contributed by atoms with E-state index in [1.54, 1.807) is 18.6 Å². The molecule has 2 amide bonds. The molecular weight excluding hydrogens is 288 g/mol. The predicted octanol–water partition coefficient (Wildman–Crippen LogP) is 3.77. The van der Waals surface area contributed by atoms with Gasteiger partial charge in [0.15, 0.2) is 0 Å². The van der Waals surface area contributed by atoms with E-state index in [2.05, 4.69) is 20.6 Å². The Morgan fingerprint density at radius 1 is 1.09 bits per heavy atom. The first-order chi connectivity index (χ1) is 11.2. The lowest BCUT2D eigenvalue weighted by atomic mass is 9.77. The molecular formula is C18H22N4O. The lowest BCUT2D eigenvalue weighted by molar-refractivity contribution is 0.212. The van der Waals surface area contributed by atoms with Crippen molar-refractivity contribution in [2.24, 2.45) is 0 Å². The number of carbonyl (C=O) groups is 1. The Kier molecular flexibility index (Phi) is 4.55. The molecule has 2 aromatic heterocycles. The molecule has 5 heteroatoms. The van der Waals surface area contributed by atoms with Gasteiger partial charge in [0, 0.05) is 18.6 Å². The van der Waals surface area contributed by atoms with Crippen LogP contribution in [0.3, 0.4) is 0 Å². The summed E-state index contributed by atoms with van der Waals surface area (Å²) >= 11 is 0. The number of urea groups is 1. The maximum atomic E-state index is 12.5. The second kappa shape index (κ2) is 6.77. The minimum Gasteiger partial charge on any atom is -0.328 e. The lowest BCUT2D eigenvalue weighted by Gasteiger charge is -2.38. The van der Waals surface area contributed by atoms with Crippen molar-refractivity contribution in [3.63, 3.8) is 0 Å². The van der Waals surface area contributed by atoms with E-state index in [1.165, 1.54) is 6.42 Å². The smallest absolute Gasteiger partial charge is 0.319 e. The zero-order valence-electron chi connectivity index (χ0n) is 13.4. The van der Waals surface area contributed by atoms with E-state index in [0.717, 1.165) is 42.5 Å². The molecule has 0 aromatic carbocycles. The van der Waals surface area contributed by atoms with Crippen LogP contribution in [0, 0.1) is 6.92 Å². The van der Waals surface area contributed by atoms with E-state index in [0.29, 0.717) is 0 Å². The number of nitrogens with zero attached hydrogens (tertiary/aromatic N) is 2. The number of nitrogens with one attached hydrogen (secondary N) is 2. The average Bonchev–Trinajstić information content (AvgIpc) is 2.58. The highest BCUT2D eigenvalue weighted by atomic mass is 16.2. The largest absolute Gasteiger partial charge is 0.328 e. The molecule has 3 rings (SSSR count). The van der Waals surface area contributed by atoms with Gasteiger partial charge in [-0.2, -0.15) is 0 Å². The summed E-state index contributed by atoms with van der Waals surface area (Å²) in [5, 5.41) is 6.13. The monoisotopic (exact) mass is 310 g/mol. The van der Waals surface area contributed by atoms with Gasteiger partial charge in [0.1, 0.15) is 0 Å². The summed E-state index contributed by atoms with van der Waals surface area (Å²) in [5.74, 6) is 0. The number of anilines is 1. The van der Waals surface area contributed by atoms with Crippen LogP contribution in [0.2, 0.25) is 0 Å². The fourth-order valence-corrected chi connectivity index (χ4v) is 3.25. The van der Waals surface area contributed by atoms with Crippen LogP contribution < -0.4 is 10.6 Å². The summed E-state index contributed by atoms with van der Waals surface area (Å²) in [4.78, 5) is 20.8. The van der Waals surface area contributed by atoms with E-state index in [9.17, 15) is 4.79 Å². The first-order valence-electron chi connectivity index (χ1n) is 8.10. The van der Waals surface area contributed by atoms with E-state index in [-0.39, 0.29) is 11.6 Å². The molecule has 1 fully saturated rings. The number of carbonyl (C=O) groups excluding carboxylic acids is 1. The molecule has 0 aliphatic heterocycles. The van der Waals surface area contributed by atoms with Gasteiger partial charge in [-0.05, 0) is 43.0 Å². The Hall–Kier alpha value is -2.43. The zero-order valence-corrected chi connectivity index (χ0v) is 13.4. The van der Waals surface area contributed by atoms with Crippen LogP contribution in [0.25, 0.3) is 0 Å². The number of aromatic nitrogens is 2. The van der Waals surface area contributed by atoms with Crippen LogP contribution in [-0.2, 0) is 5.54 Å². The predicted molar refractivity (Wildman–Crippen MR) is 90.1 cm³/mol. The highest BCUT2D eigenvalue weighted by Gasteiger charge is 2.35. The Morgan fingerprint density at radius 2 is 1.87 bits per heavy atom.